The number of benzene rings is 1. The van der Waals surface area contributed by atoms with Crippen LogP contribution in [0, 0.1) is 23.2 Å². The van der Waals surface area contributed by atoms with Crippen molar-refractivity contribution in [3.63, 3.8) is 0 Å². The minimum absolute atomic E-state index is 0.139. The summed E-state index contributed by atoms with van der Waals surface area (Å²) in [6, 6.07) is 9.24. The maximum absolute atomic E-state index is 13.1. The van der Waals surface area contributed by atoms with Crippen LogP contribution in [0.3, 0.4) is 0 Å². The van der Waals surface area contributed by atoms with E-state index in [1.54, 1.807) is 24.5 Å². The minimum Gasteiger partial charge on any atom is -0.348 e. The first-order valence-corrected chi connectivity index (χ1v) is 12.4. The molecule has 0 saturated heterocycles. The van der Waals surface area contributed by atoms with Gasteiger partial charge in [-0.15, -0.1) is 0 Å². The van der Waals surface area contributed by atoms with E-state index in [1.807, 2.05) is 18.2 Å². The Morgan fingerprint density at radius 1 is 1.09 bits per heavy atom. The molecule has 35 heavy (non-hydrogen) atoms. The quantitative estimate of drug-likeness (QED) is 0.527. The predicted molar refractivity (Wildman–Crippen MR) is 135 cm³/mol. The Hall–Kier alpha value is -3.61. The molecule has 3 aromatic rings. The normalized spacial score (nSPS) is 28.6. The van der Waals surface area contributed by atoms with Crippen molar-refractivity contribution < 1.29 is 9.59 Å². The molecule has 5 atom stereocenters. The molecule has 5 unspecified atom stereocenters. The second kappa shape index (κ2) is 8.26. The van der Waals surface area contributed by atoms with Crippen LogP contribution in [0.15, 0.2) is 55.4 Å². The van der Waals surface area contributed by atoms with E-state index in [-0.39, 0.29) is 17.9 Å². The number of amides is 2. The lowest BCUT2D eigenvalue weighted by Gasteiger charge is -2.51. The van der Waals surface area contributed by atoms with Crippen LogP contribution in [-0.2, 0) is 4.79 Å². The van der Waals surface area contributed by atoms with Crippen LogP contribution in [0.4, 0.5) is 5.69 Å². The number of fused-ring (bicyclic) bond motifs is 2. The van der Waals surface area contributed by atoms with Crippen molar-refractivity contribution in [1.29, 1.82) is 0 Å². The zero-order valence-corrected chi connectivity index (χ0v) is 19.8. The molecule has 0 radical (unpaired) electrons. The summed E-state index contributed by atoms with van der Waals surface area (Å²) in [6.07, 6.45) is 10.6. The predicted octanol–water partition coefficient (Wildman–Crippen LogP) is 4.76. The van der Waals surface area contributed by atoms with Gasteiger partial charge < -0.3 is 10.6 Å². The highest BCUT2D eigenvalue weighted by molar-refractivity contribution is 6.05. The van der Waals surface area contributed by atoms with E-state index in [9.17, 15) is 9.59 Å². The summed E-state index contributed by atoms with van der Waals surface area (Å²) < 4.78 is 0. The van der Waals surface area contributed by atoms with Gasteiger partial charge in [-0.05, 0) is 91.7 Å². The summed E-state index contributed by atoms with van der Waals surface area (Å²) in [5, 5.41) is 6.85. The highest BCUT2D eigenvalue weighted by Gasteiger charge is 2.58. The first-order chi connectivity index (χ1) is 16.9. The average Bonchev–Trinajstić information content (AvgIpc) is 3.01. The molecule has 2 aromatic heterocycles. The van der Waals surface area contributed by atoms with Crippen LogP contribution in [-0.4, -0.2) is 32.8 Å². The number of nitrogens with one attached hydrogen (secondary N) is 2. The van der Waals surface area contributed by atoms with Crippen LogP contribution >= 0.6 is 0 Å². The number of carbonyl (C=O) groups is 2. The summed E-state index contributed by atoms with van der Waals surface area (Å²) in [5.74, 6) is 2.35. The molecule has 3 aliphatic carbocycles. The second-order valence-corrected chi connectivity index (χ2v) is 10.7. The highest BCUT2D eigenvalue weighted by Crippen LogP contribution is 2.65. The first kappa shape index (κ1) is 21.9. The summed E-state index contributed by atoms with van der Waals surface area (Å²) >= 11 is 0. The van der Waals surface area contributed by atoms with Gasteiger partial charge in [0.15, 0.2) is 5.82 Å². The molecule has 2 amide bonds. The number of pyridine rings is 1. The first-order valence-electron chi connectivity index (χ1n) is 12.4. The van der Waals surface area contributed by atoms with Crippen molar-refractivity contribution in [2.24, 2.45) is 23.2 Å². The Morgan fingerprint density at radius 2 is 1.94 bits per heavy atom. The van der Waals surface area contributed by atoms with E-state index in [4.69, 9.17) is 0 Å². The van der Waals surface area contributed by atoms with Crippen LogP contribution in [0.25, 0.3) is 22.3 Å². The van der Waals surface area contributed by atoms with Crippen LogP contribution in [0.5, 0.6) is 0 Å². The molecule has 0 aliphatic heterocycles. The Bertz CT molecular complexity index is 1350. The molecule has 2 heterocycles. The molecule has 0 spiro atoms. The van der Waals surface area contributed by atoms with E-state index in [1.165, 1.54) is 25.3 Å². The fourth-order valence-corrected chi connectivity index (χ4v) is 6.99. The number of hydrogen-bond acceptors (Lipinski definition) is 5. The molecule has 7 heteroatoms. The van der Waals surface area contributed by atoms with Crippen molar-refractivity contribution in [1.82, 2.24) is 20.3 Å². The molecule has 3 aliphatic rings. The number of hydrogen-bond donors (Lipinski definition) is 2. The summed E-state index contributed by atoms with van der Waals surface area (Å²) in [6.45, 7) is 5.96. The molecular formula is C28H29N5O2. The van der Waals surface area contributed by atoms with Gasteiger partial charge in [0.05, 0.1) is 11.2 Å². The highest BCUT2D eigenvalue weighted by atomic mass is 16.2. The van der Waals surface area contributed by atoms with E-state index in [2.05, 4.69) is 39.1 Å². The zero-order chi connectivity index (χ0) is 24.2. The van der Waals surface area contributed by atoms with Crippen molar-refractivity contribution in [2.75, 3.05) is 5.32 Å². The van der Waals surface area contributed by atoms with Crippen LogP contribution in [0.1, 0.15) is 49.5 Å². The van der Waals surface area contributed by atoms with Gasteiger partial charge in [0.25, 0.3) is 5.91 Å². The summed E-state index contributed by atoms with van der Waals surface area (Å²) in [4.78, 5) is 38.4. The molecule has 2 N–H and O–H groups in total. The minimum atomic E-state index is -0.295. The molecule has 2 bridgehead atoms. The lowest BCUT2D eigenvalue weighted by molar-refractivity contribution is -0.111. The zero-order valence-electron chi connectivity index (χ0n) is 19.8. The number of aromatic nitrogens is 3. The standard InChI is InChI=1S/C28H29N5O2/c1-3-25(34)32-23-6-8-29-22-5-4-17(13-20(22)23)26-30-9-7-24(33-26)27(35)31-19-10-16-11-21-18(12-19)15-28(21,2)14-16/h3-9,13,16,18-19,21H,1,10-12,14-15H2,2H3,(H,31,35)(H,29,32,34). The fraction of sp³-hybridized carbons (Fsp3) is 0.393. The third-order valence-corrected chi connectivity index (χ3v) is 8.41. The Labute approximate surface area is 204 Å². The van der Waals surface area contributed by atoms with Crippen LogP contribution in [0.2, 0.25) is 0 Å². The van der Waals surface area contributed by atoms with E-state index < -0.39 is 0 Å². The number of nitrogens with zero attached hydrogens (tertiary/aromatic N) is 3. The number of carbonyl (C=O) groups excluding carboxylic acids is 2. The number of anilines is 1. The molecule has 1 aromatic carbocycles. The van der Waals surface area contributed by atoms with Crippen molar-refractivity contribution in [3.8, 4) is 11.4 Å². The number of rotatable bonds is 5. The fourth-order valence-electron chi connectivity index (χ4n) is 6.99. The molecular weight excluding hydrogens is 438 g/mol. The average molecular weight is 468 g/mol. The Kier molecular flexibility index (Phi) is 5.16. The second-order valence-electron chi connectivity index (χ2n) is 10.7. The summed E-state index contributed by atoms with van der Waals surface area (Å²) in [5.41, 5.74) is 3.05. The lowest BCUT2D eigenvalue weighted by atomic mass is 9.54. The SMILES string of the molecule is C=CC(=O)Nc1ccnc2ccc(-c3nccc(C(=O)NC4CC5CC6C(C4)CC6(C)C5)n3)cc12. The van der Waals surface area contributed by atoms with Gasteiger partial charge in [-0.3, -0.25) is 14.6 Å². The lowest BCUT2D eigenvalue weighted by Crippen LogP contribution is -2.47. The maximum atomic E-state index is 13.1. The Morgan fingerprint density at radius 3 is 2.80 bits per heavy atom. The van der Waals surface area contributed by atoms with Gasteiger partial charge in [0, 0.05) is 29.4 Å². The topological polar surface area (TPSA) is 96.9 Å². The van der Waals surface area contributed by atoms with Gasteiger partial charge in [-0.1, -0.05) is 13.5 Å². The third kappa shape index (κ3) is 3.89. The maximum Gasteiger partial charge on any atom is 0.270 e. The molecule has 6 rings (SSSR count). The summed E-state index contributed by atoms with van der Waals surface area (Å²) in [7, 11) is 0. The third-order valence-electron chi connectivity index (χ3n) is 8.41. The van der Waals surface area contributed by atoms with Crippen LogP contribution < -0.4 is 10.6 Å². The van der Waals surface area contributed by atoms with Gasteiger partial charge in [-0.2, -0.15) is 0 Å². The monoisotopic (exact) mass is 467 g/mol. The van der Waals surface area contributed by atoms with E-state index in [0.717, 1.165) is 47.1 Å². The molecule has 178 valence electrons. The van der Waals surface area contributed by atoms with Gasteiger partial charge in [-0.25, -0.2) is 9.97 Å². The van der Waals surface area contributed by atoms with Crippen molar-refractivity contribution in [3.05, 3.63) is 61.1 Å². The molecule has 3 saturated carbocycles. The molecule has 3 fully saturated rings. The smallest absolute Gasteiger partial charge is 0.270 e. The largest absolute Gasteiger partial charge is 0.348 e. The van der Waals surface area contributed by atoms with Gasteiger partial charge in [0.1, 0.15) is 5.69 Å². The molecule has 7 nitrogen and oxygen atoms in total. The Balaban J connectivity index is 1.23. The van der Waals surface area contributed by atoms with E-state index in [0.29, 0.717) is 22.6 Å². The van der Waals surface area contributed by atoms with Crippen molar-refractivity contribution >= 4 is 28.4 Å². The van der Waals surface area contributed by atoms with Gasteiger partial charge in [0.2, 0.25) is 5.91 Å². The van der Waals surface area contributed by atoms with E-state index >= 15 is 0 Å². The van der Waals surface area contributed by atoms with Crippen molar-refractivity contribution in [2.45, 2.75) is 45.1 Å². The van der Waals surface area contributed by atoms with Gasteiger partial charge >= 0.3 is 0 Å².